The zero-order valence-corrected chi connectivity index (χ0v) is 8.77. The highest BCUT2D eigenvalue weighted by Gasteiger charge is 2.00. The van der Waals surface area contributed by atoms with Crippen molar-refractivity contribution in [2.45, 2.75) is 0 Å². The van der Waals surface area contributed by atoms with E-state index in [-0.39, 0.29) is 0 Å². The lowest BCUT2D eigenvalue weighted by Gasteiger charge is -2.07. The Balaban J connectivity index is 3.04. The molecule has 0 amide bonds. The van der Waals surface area contributed by atoms with E-state index in [1.807, 2.05) is 25.1 Å². The van der Waals surface area contributed by atoms with E-state index in [1.165, 1.54) is 0 Å². The Morgan fingerprint density at radius 3 is 2.33 bits per heavy atom. The quantitative estimate of drug-likeness (QED) is 0.550. The monoisotopic (exact) mass is 200 g/mol. The fourth-order valence-electron chi connectivity index (χ4n) is 1.19. The molecule has 76 valence electrons. The molecule has 0 unspecified atom stereocenters. The summed E-state index contributed by atoms with van der Waals surface area (Å²) in [6.07, 6.45) is 2.55. The molecule has 0 aliphatic heterocycles. The molecule has 0 aliphatic carbocycles. The van der Waals surface area contributed by atoms with E-state index in [9.17, 15) is 4.79 Å². The van der Waals surface area contributed by atoms with E-state index >= 15 is 0 Å². The number of nitrogens with zero attached hydrogens (tertiary/aromatic N) is 2. The maximum absolute atomic E-state index is 10.8. The van der Waals surface area contributed by atoms with Gasteiger partial charge in [0.25, 0.3) is 0 Å². The lowest BCUT2D eigenvalue weighted by atomic mass is 10.1. The van der Waals surface area contributed by atoms with Crippen molar-refractivity contribution in [2.75, 3.05) is 14.1 Å². The first-order valence-corrected chi connectivity index (χ1v) is 4.51. The Morgan fingerprint density at radius 2 is 1.93 bits per heavy atom. The summed E-state index contributed by atoms with van der Waals surface area (Å²) in [4.78, 5) is 12.6. The zero-order valence-electron chi connectivity index (χ0n) is 8.77. The first kappa shape index (κ1) is 11.0. The van der Waals surface area contributed by atoms with Gasteiger partial charge in [-0.2, -0.15) is 5.26 Å². The van der Waals surface area contributed by atoms with Crippen LogP contribution in [0.4, 0.5) is 0 Å². The first-order chi connectivity index (χ1) is 7.17. The molecule has 0 radical (unpaired) electrons. The van der Waals surface area contributed by atoms with Gasteiger partial charge in [-0.15, -0.1) is 0 Å². The van der Waals surface area contributed by atoms with Crippen LogP contribution in [0.3, 0.4) is 0 Å². The predicted molar refractivity (Wildman–Crippen MR) is 58.9 cm³/mol. The van der Waals surface area contributed by atoms with Crippen molar-refractivity contribution in [1.82, 2.24) is 4.90 Å². The third kappa shape index (κ3) is 2.96. The molecule has 1 aromatic carbocycles. The van der Waals surface area contributed by atoms with Crippen molar-refractivity contribution >= 4 is 11.9 Å². The van der Waals surface area contributed by atoms with Crippen LogP contribution in [0.1, 0.15) is 11.1 Å². The van der Waals surface area contributed by atoms with Gasteiger partial charge >= 0.3 is 0 Å². The summed E-state index contributed by atoms with van der Waals surface area (Å²) in [6.45, 7) is 0. The van der Waals surface area contributed by atoms with E-state index in [1.54, 1.807) is 30.5 Å². The van der Waals surface area contributed by atoms with E-state index in [0.29, 0.717) is 11.1 Å². The van der Waals surface area contributed by atoms with Gasteiger partial charge in [-0.05, 0) is 17.7 Å². The molecule has 0 saturated carbocycles. The summed E-state index contributed by atoms with van der Waals surface area (Å²) >= 11 is 0. The fourth-order valence-corrected chi connectivity index (χ4v) is 1.19. The van der Waals surface area contributed by atoms with Crippen molar-refractivity contribution in [3.05, 3.63) is 41.6 Å². The molecule has 3 nitrogen and oxygen atoms in total. The minimum atomic E-state index is 0.592. The molecule has 0 fully saturated rings. The molecule has 0 spiro atoms. The second kappa shape index (κ2) is 4.97. The lowest BCUT2D eigenvalue weighted by molar-refractivity contribution is -0.103. The smallest absolute Gasteiger partial charge is 0.152 e. The molecular formula is C12H12N2O. The van der Waals surface area contributed by atoms with Gasteiger partial charge in [0.2, 0.25) is 0 Å². The van der Waals surface area contributed by atoms with Crippen molar-refractivity contribution in [3.8, 4) is 6.07 Å². The largest absolute Gasteiger partial charge is 0.383 e. The van der Waals surface area contributed by atoms with E-state index in [2.05, 4.69) is 0 Å². The molecule has 0 saturated heterocycles. The molecule has 3 heteroatoms. The third-order valence-corrected chi connectivity index (χ3v) is 1.87. The van der Waals surface area contributed by atoms with Crippen molar-refractivity contribution in [1.29, 1.82) is 5.26 Å². The van der Waals surface area contributed by atoms with Crippen molar-refractivity contribution in [2.24, 2.45) is 0 Å². The fraction of sp³-hybridized carbons (Fsp3) is 0.167. The third-order valence-electron chi connectivity index (χ3n) is 1.87. The number of hydrogen-bond acceptors (Lipinski definition) is 3. The maximum Gasteiger partial charge on any atom is 0.152 e. The Kier molecular flexibility index (Phi) is 3.64. The zero-order chi connectivity index (χ0) is 11.3. The summed E-state index contributed by atoms with van der Waals surface area (Å²) in [7, 11) is 3.71. The summed E-state index contributed by atoms with van der Waals surface area (Å²) in [5, 5.41) is 8.63. The highest BCUT2D eigenvalue weighted by Crippen LogP contribution is 2.13. The van der Waals surface area contributed by atoms with Crippen molar-refractivity contribution < 1.29 is 4.79 Å². The van der Waals surface area contributed by atoms with E-state index in [0.717, 1.165) is 11.8 Å². The maximum atomic E-state index is 10.8. The Labute approximate surface area is 89.2 Å². The van der Waals surface area contributed by atoms with Gasteiger partial charge in [0.15, 0.2) is 6.29 Å². The molecule has 0 heterocycles. The molecule has 1 rings (SSSR count). The van der Waals surface area contributed by atoms with Crippen LogP contribution in [0, 0.1) is 11.3 Å². The number of benzene rings is 1. The van der Waals surface area contributed by atoms with Gasteiger partial charge in [-0.25, -0.2) is 0 Å². The topological polar surface area (TPSA) is 44.1 Å². The number of rotatable bonds is 3. The second-order valence-corrected chi connectivity index (χ2v) is 3.36. The number of allylic oxidation sites excluding steroid dienone is 1. The van der Waals surface area contributed by atoms with Gasteiger partial charge in [-0.3, -0.25) is 4.79 Å². The summed E-state index contributed by atoms with van der Waals surface area (Å²) < 4.78 is 0. The minimum Gasteiger partial charge on any atom is -0.383 e. The molecule has 15 heavy (non-hydrogen) atoms. The van der Waals surface area contributed by atoms with Crippen LogP contribution >= 0.6 is 0 Å². The average molecular weight is 200 g/mol. The number of carbonyl (C=O) groups excluding carboxylic acids is 1. The van der Waals surface area contributed by atoms with E-state index < -0.39 is 0 Å². The molecule has 0 aromatic heterocycles. The molecule has 0 atom stereocenters. The summed E-state index contributed by atoms with van der Waals surface area (Å²) in [6, 6.07) is 8.96. The van der Waals surface area contributed by atoms with E-state index in [4.69, 9.17) is 5.26 Å². The molecule has 1 aromatic rings. The summed E-state index contributed by atoms with van der Waals surface area (Å²) in [5.41, 5.74) is 2.01. The van der Waals surface area contributed by atoms with Crippen molar-refractivity contribution in [3.63, 3.8) is 0 Å². The first-order valence-electron chi connectivity index (χ1n) is 4.51. The van der Waals surface area contributed by atoms with Crippen LogP contribution in [-0.2, 0) is 4.79 Å². The molecule has 0 aliphatic rings. The minimum absolute atomic E-state index is 0.592. The Hall–Kier alpha value is -2.08. The Bertz CT molecular complexity index is 410. The molecular weight excluding hydrogens is 188 g/mol. The number of hydrogen-bond donors (Lipinski definition) is 0. The van der Waals surface area contributed by atoms with Crippen LogP contribution in [0.25, 0.3) is 5.57 Å². The Morgan fingerprint density at radius 1 is 1.33 bits per heavy atom. The standard InChI is InChI=1S/C12H12N2O/c1-14(2)8-12(9-15)11-5-3-10(7-13)4-6-11/h3-6,8-9H,1-2H3/b12-8-. The molecule has 0 N–H and O–H groups in total. The number of nitriles is 1. The average Bonchev–Trinajstić information content (AvgIpc) is 2.26. The normalized spacial score (nSPS) is 10.6. The SMILES string of the molecule is CN(C)/C=C(/C=O)c1ccc(C#N)cc1. The van der Waals surface area contributed by atoms with Gasteiger partial charge in [0, 0.05) is 25.9 Å². The van der Waals surface area contributed by atoms with Crippen LogP contribution in [0.5, 0.6) is 0 Å². The van der Waals surface area contributed by atoms with Crippen LogP contribution in [0.15, 0.2) is 30.5 Å². The van der Waals surface area contributed by atoms with Gasteiger partial charge < -0.3 is 4.90 Å². The number of aldehydes is 1. The van der Waals surface area contributed by atoms with Gasteiger partial charge in [0.05, 0.1) is 11.6 Å². The molecule has 0 bridgehead atoms. The van der Waals surface area contributed by atoms with Gasteiger partial charge in [-0.1, -0.05) is 12.1 Å². The highest BCUT2D eigenvalue weighted by atomic mass is 16.1. The van der Waals surface area contributed by atoms with Crippen LogP contribution in [0.2, 0.25) is 0 Å². The predicted octanol–water partition coefficient (Wildman–Crippen LogP) is 1.66. The highest BCUT2D eigenvalue weighted by molar-refractivity contribution is 6.06. The van der Waals surface area contributed by atoms with Crippen LogP contribution < -0.4 is 0 Å². The number of carbonyl (C=O) groups is 1. The van der Waals surface area contributed by atoms with Crippen LogP contribution in [-0.4, -0.2) is 25.3 Å². The summed E-state index contributed by atoms with van der Waals surface area (Å²) in [5.74, 6) is 0. The van der Waals surface area contributed by atoms with Gasteiger partial charge in [0.1, 0.15) is 0 Å². The second-order valence-electron chi connectivity index (χ2n) is 3.36. The lowest BCUT2D eigenvalue weighted by Crippen LogP contribution is -2.03.